The van der Waals surface area contributed by atoms with Crippen molar-refractivity contribution in [1.82, 2.24) is 14.9 Å². The molecule has 2 aromatic carbocycles. The fraction of sp³-hybridized carbons (Fsp3) is 0.346. The van der Waals surface area contributed by atoms with Gasteiger partial charge in [-0.15, -0.1) is 0 Å². The van der Waals surface area contributed by atoms with E-state index in [0.717, 1.165) is 35.3 Å². The van der Waals surface area contributed by atoms with Gasteiger partial charge in [-0.05, 0) is 60.7 Å². The van der Waals surface area contributed by atoms with E-state index in [1.54, 1.807) is 4.90 Å². The quantitative estimate of drug-likeness (QED) is 0.352. The van der Waals surface area contributed by atoms with Crippen LogP contribution in [-0.2, 0) is 11.3 Å². The molecule has 1 fully saturated rings. The Morgan fingerprint density at radius 2 is 1.89 bits per heavy atom. The van der Waals surface area contributed by atoms with Crippen molar-refractivity contribution >= 4 is 34.9 Å². The lowest BCUT2D eigenvalue weighted by Crippen LogP contribution is -2.42. The van der Waals surface area contributed by atoms with Crippen LogP contribution in [0.3, 0.4) is 0 Å². The topological polar surface area (TPSA) is 99.6 Å². The van der Waals surface area contributed by atoms with Gasteiger partial charge < -0.3 is 25.4 Å². The lowest BCUT2D eigenvalue weighted by Gasteiger charge is -2.32. The largest absolute Gasteiger partial charge is 0.503 e. The van der Waals surface area contributed by atoms with E-state index in [4.69, 9.17) is 16.3 Å². The third-order valence-electron chi connectivity index (χ3n) is 5.55. The van der Waals surface area contributed by atoms with Crippen LogP contribution in [0.4, 0.5) is 22.0 Å². The molecule has 0 unspecified atom stereocenters. The Hall–Kier alpha value is -3.52. The predicted molar refractivity (Wildman–Crippen MR) is 139 cm³/mol. The number of aromatic nitrogens is 2. The first-order valence-electron chi connectivity index (χ1n) is 11.8. The number of hydrogen-bond donors (Lipinski definition) is 3. The van der Waals surface area contributed by atoms with Gasteiger partial charge in [-0.2, -0.15) is 4.98 Å². The molecule has 0 saturated carbocycles. The number of carbonyl (C=O) groups is 1. The summed E-state index contributed by atoms with van der Waals surface area (Å²) in [5, 5.41) is 16.6. The summed E-state index contributed by atoms with van der Waals surface area (Å²) in [5.41, 5.74) is 3.83. The number of nitrogens with one attached hydrogen (secondary N) is 2. The molecule has 35 heavy (non-hydrogen) atoms. The van der Waals surface area contributed by atoms with Gasteiger partial charge in [0.1, 0.15) is 6.61 Å². The van der Waals surface area contributed by atoms with E-state index in [2.05, 4.69) is 20.6 Å². The molecule has 0 radical (unpaired) electrons. The van der Waals surface area contributed by atoms with Gasteiger partial charge in [0.15, 0.2) is 11.6 Å². The molecule has 2 heterocycles. The fourth-order valence-corrected chi connectivity index (χ4v) is 3.86. The van der Waals surface area contributed by atoms with E-state index in [-0.39, 0.29) is 35.6 Å². The minimum atomic E-state index is -0.267. The minimum absolute atomic E-state index is 0.0561. The molecule has 0 atom stereocenters. The van der Waals surface area contributed by atoms with Crippen molar-refractivity contribution in [3.05, 3.63) is 71.1 Å². The number of aromatic hydroxyl groups is 1. The van der Waals surface area contributed by atoms with Gasteiger partial charge in [0, 0.05) is 30.5 Å². The Morgan fingerprint density at radius 3 is 2.57 bits per heavy atom. The lowest BCUT2D eigenvalue weighted by atomic mass is 10.0. The highest BCUT2D eigenvalue weighted by atomic mass is 35.5. The summed E-state index contributed by atoms with van der Waals surface area (Å²) in [5.74, 6) is 0.176. The number of hydrogen-bond acceptors (Lipinski definition) is 7. The molecule has 3 N–H and O–H groups in total. The van der Waals surface area contributed by atoms with Gasteiger partial charge in [0.05, 0.1) is 6.20 Å². The molecule has 8 nitrogen and oxygen atoms in total. The highest BCUT2D eigenvalue weighted by Crippen LogP contribution is 2.28. The van der Waals surface area contributed by atoms with Crippen molar-refractivity contribution in [2.45, 2.75) is 46.3 Å². The summed E-state index contributed by atoms with van der Waals surface area (Å²) < 4.78 is 5.44. The molecule has 0 aliphatic carbocycles. The van der Waals surface area contributed by atoms with Crippen LogP contribution < -0.4 is 10.6 Å². The van der Waals surface area contributed by atoms with Crippen LogP contribution in [0, 0.1) is 6.92 Å². The molecule has 1 aliphatic heterocycles. The van der Waals surface area contributed by atoms with E-state index in [1.807, 2.05) is 69.3 Å². The maximum absolute atomic E-state index is 12.4. The zero-order valence-electron chi connectivity index (χ0n) is 20.3. The van der Waals surface area contributed by atoms with E-state index in [0.29, 0.717) is 13.1 Å². The molecule has 0 bridgehead atoms. The Labute approximate surface area is 211 Å². The average molecular weight is 498 g/mol. The molecule has 0 spiro atoms. The minimum Gasteiger partial charge on any atom is -0.503 e. The Kier molecular flexibility index (Phi) is 9.55. The molecule has 3 aromatic rings. The smallest absolute Gasteiger partial charge is 0.410 e. The van der Waals surface area contributed by atoms with Gasteiger partial charge >= 0.3 is 6.09 Å². The maximum atomic E-state index is 12.4. The number of carbonyl (C=O) groups excluding carboxylic acids is 1. The number of piperidine rings is 1. The predicted octanol–water partition coefficient (Wildman–Crippen LogP) is 6.13. The Morgan fingerprint density at radius 1 is 1.17 bits per heavy atom. The zero-order chi connectivity index (χ0) is 25.2. The first-order valence-corrected chi connectivity index (χ1v) is 12.2. The molecule has 9 heteroatoms. The van der Waals surface area contributed by atoms with Crippen LogP contribution in [0.2, 0.25) is 5.28 Å². The number of halogens is 1. The van der Waals surface area contributed by atoms with E-state index in [9.17, 15) is 9.90 Å². The lowest BCUT2D eigenvalue weighted by molar-refractivity contribution is 0.0882. The number of benzene rings is 2. The Bertz CT molecular complexity index is 1110. The van der Waals surface area contributed by atoms with Crippen molar-refractivity contribution in [2.24, 2.45) is 0 Å². The second-order valence-electron chi connectivity index (χ2n) is 7.97. The molecular weight excluding hydrogens is 466 g/mol. The Balaban J connectivity index is 0.00000167. The number of aryl methyl sites for hydroxylation is 1. The third-order valence-corrected chi connectivity index (χ3v) is 5.73. The summed E-state index contributed by atoms with van der Waals surface area (Å²) in [4.78, 5) is 21.9. The number of ether oxygens (including phenoxy) is 1. The average Bonchev–Trinajstić information content (AvgIpc) is 2.88. The summed E-state index contributed by atoms with van der Waals surface area (Å²) >= 11 is 5.81. The summed E-state index contributed by atoms with van der Waals surface area (Å²) in [6.07, 6.45) is 2.67. The van der Waals surface area contributed by atoms with Gasteiger partial charge in [0.2, 0.25) is 5.28 Å². The zero-order valence-corrected chi connectivity index (χ0v) is 21.0. The number of anilines is 3. The van der Waals surface area contributed by atoms with Crippen LogP contribution >= 0.6 is 11.6 Å². The van der Waals surface area contributed by atoms with Crippen LogP contribution in [0.25, 0.3) is 0 Å². The molecule has 1 saturated heterocycles. The normalized spacial score (nSPS) is 13.4. The van der Waals surface area contributed by atoms with Crippen molar-refractivity contribution in [1.29, 1.82) is 0 Å². The monoisotopic (exact) mass is 497 g/mol. The first kappa shape index (κ1) is 26.1. The first-order chi connectivity index (χ1) is 17.0. The number of nitrogens with zero attached hydrogens (tertiary/aromatic N) is 3. The molecule has 1 aliphatic rings. The maximum Gasteiger partial charge on any atom is 0.410 e. The van der Waals surface area contributed by atoms with Gasteiger partial charge in [0.25, 0.3) is 0 Å². The van der Waals surface area contributed by atoms with Crippen molar-refractivity contribution < 1.29 is 14.6 Å². The summed E-state index contributed by atoms with van der Waals surface area (Å²) in [6.45, 7) is 7.60. The molecule has 186 valence electrons. The molecular formula is C26H32ClN5O3. The number of likely N-dealkylation sites (tertiary alicyclic amines) is 1. The number of rotatable bonds is 6. The fourth-order valence-electron chi connectivity index (χ4n) is 3.72. The van der Waals surface area contributed by atoms with Crippen molar-refractivity contribution in [3.63, 3.8) is 0 Å². The SMILES string of the molecule is CC.Cc1cc(Nc2nc(Cl)ncc2O)ccc1NC1CCN(C(=O)OCc2ccccc2)CC1. The standard InChI is InChI=1S/C24H26ClN5O3.C2H6/c1-16-13-19(28-22-21(31)14-26-23(25)29-22)7-8-20(16)27-18-9-11-30(12-10-18)24(32)33-15-17-5-3-2-4-6-17;1-2/h2-8,13-14,18,27,31H,9-12,15H2,1H3,(H,26,28,29);1-2H3. The van der Waals surface area contributed by atoms with Gasteiger partial charge in [-0.3, -0.25) is 0 Å². The highest BCUT2D eigenvalue weighted by molar-refractivity contribution is 6.28. The second kappa shape index (κ2) is 12.8. The summed E-state index contributed by atoms with van der Waals surface area (Å²) in [7, 11) is 0. The highest BCUT2D eigenvalue weighted by Gasteiger charge is 2.24. The van der Waals surface area contributed by atoms with Crippen molar-refractivity contribution in [2.75, 3.05) is 23.7 Å². The third kappa shape index (κ3) is 7.48. The van der Waals surface area contributed by atoms with Crippen molar-refractivity contribution in [3.8, 4) is 5.75 Å². The molecule has 1 amide bonds. The molecule has 1 aromatic heterocycles. The van der Waals surface area contributed by atoms with Crippen LogP contribution in [0.1, 0.15) is 37.8 Å². The second-order valence-corrected chi connectivity index (χ2v) is 8.31. The van der Waals surface area contributed by atoms with Crippen LogP contribution in [-0.4, -0.2) is 45.2 Å². The van der Waals surface area contributed by atoms with Gasteiger partial charge in [-0.1, -0.05) is 44.2 Å². The molecule has 4 rings (SSSR count). The van der Waals surface area contributed by atoms with E-state index < -0.39 is 0 Å². The summed E-state index contributed by atoms with van der Waals surface area (Å²) in [6, 6.07) is 15.8. The van der Waals surface area contributed by atoms with E-state index >= 15 is 0 Å². The van der Waals surface area contributed by atoms with Gasteiger partial charge in [-0.25, -0.2) is 9.78 Å². The van der Waals surface area contributed by atoms with E-state index in [1.165, 1.54) is 6.20 Å². The van der Waals surface area contributed by atoms with Crippen LogP contribution in [0.5, 0.6) is 5.75 Å². The van der Waals surface area contributed by atoms with Crippen LogP contribution in [0.15, 0.2) is 54.7 Å². The number of amides is 1.